The van der Waals surface area contributed by atoms with Crippen molar-refractivity contribution in [1.29, 1.82) is 0 Å². The number of ether oxygens (including phenoxy) is 2. The van der Waals surface area contributed by atoms with E-state index in [1.807, 2.05) is 12.3 Å². The highest BCUT2D eigenvalue weighted by molar-refractivity contribution is 9.10. The third-order valence-corrected chi connectivity index (χ3v) is 8.00. The van der Waals surface area contributed by atoms with Gasteiger partial charge in [-0.1, -0.05) is 0 Å². The largest absolute Gasteiger partial charge is 0.494 e. The van der Waals surface area contributed by atoms with Crippen LogP contribution in [-0.2, 0) is 25.8 Å². The van der Waals surface area contributed by atoms with E-state index >= 15 is 0 Å². The third-order valence-electron chi connectivity index (χ3n) is 5.04. The van der Waals surface area contributed by atoms with Crippen LogP contribution in [0.1, 0.15) is 24.8 Å². The SMILES string of the molecule is NC(=O)C1(S(=O)(=O)c2ccc(OCCCc3cncc(Br)c3)cc2)CCOCC1. The number of primary amides is 1. The van der Waals surface area contributed by atoms with Gasteiger partial charge in [0, 0.05) is 30.1 Å². The number of amides is 1. The first-order valence-electron chi connectivity index (χ1n) is 9.30. The highest BCUT2D eigenvalue weighted by atomic mass is 79.9. The van der Waals surface area contributed by atoms with Crippen LogP contribution in [0.4, 0.5) is 0 Å². The fourth-order valence-corrected chi connectivity index (χ4v) is 5.67. The fraction of sp³-hybridized carbons (Fsp3) is 0.400. The normalized spacial score (nSPS) is 16.3. The van der Waals surface area contributed by atoms with Gasteiger partial charge in [0.1, 0.15) is 5.75 Å². The number of hydrogen-bond donors (Lipinski definition) is 1. The number of pyridine rings is 1. The molecule has 0 unspecified atom stereocenters. The molecule has 2 heterocycles. The first-order chi connectivity index (χ1) is 13.8. The van der Waals surface area contributed by atoms with Crippen LogP contribution in [0, 0.1) is 0 Å². The highest BCUT2D eigenvalue weighted by Crippen LogP contribution is 2.35. The van der Waals surface area contributed by atoms with E-state index in [1.54, 1.807) is 18.3 Å². The predicted octanol–water partition coefficient (Wildman–Crippen LogP) is 2.66. The number of aryl methyl sites for hydroxylation is 1. The lowest BCUT2D eigenvalue weighted by Crippen LogP contribution is -2.53. The number of sulfone groups is 1. The second-order valence-corrected chi connectivity index (χ2v) is 10.1. The van der Waals surface area contributed by atoms with Gasteiger partial charge in [-0.05, 0) is 77.5 Å². The topological polar surface area (TPSA) is 109 Å². The summed E-state index contributed by atoms with van der Waals surface area (Å²) in [6.45, 7) is 0.870. The van der Waals surface area contributed by atoms with Crippen LogP contribution in [0.15, 0.2) is 52.1 Å². The molecule has 1 aliphatic rings. The summed E-state index contributed by atoms with van der Waals surface area (Å²) in [4.78, 5) is 16.2. The van der Waals surface area contributed by atoms with Crippen LogP contribution in [0.25, 0.3) is 0 Å². The van der Waals surface area contributed by atoms with Crippen LogP contribution >= 0.6 is 15.9 Å². The zero-order chi connectivity index (χ0) is 20.9. The summed E-state index contributed by atoms with van der Waals surface area (Å²) in [6, 6.07) is 8.13. The molecule has 1 saturated heterocycles. The molecule has 1 fully saturated rings. The van der Waals surface area contributed by atoms with E-state index < -0.39 is 20.5 Å². The molecule has 1 aliphatic heterocycles. The number of nitrogens with zero attached hydrogens (tertiary/aromatic N) is 1. The first-order valence-corrected chi connectivity index (χ1v) is 11.6. The summed E-state index contributed by atoms with van der Waals surface area (Å²) in [5.74, 6) is -0.264. The zero-order valence-corrected chi connectivity index (χ0v) is 18.2. The number of aromatic nitrogens is 1. The summed E-state index contributed by atoms with van der Waals surface area (Å²) < 4.78 is 36.4. The lowest BCUT2D eigenvalue weighted by molar-refractivity contribution is -0.122. The second-order valence-electron chi connectivity index (χ2n) is 6.91. The summed E-state index contributed by atoms with van der Waals surface area (Å²) >= 11 is 3.39. The maximum Gasteiger partial charge on any atom is 0.239 e. The average Bonchev–Trinajstić information content (AvgIpc) is 2.72. The Morgan fingerprint density at radius 3 is 2.52 bits per heavy atom. The van der Waals surface area contributed by atoms with Gasteiger partial charge in [-0.3, -0.25) is 9.78 Å². The van der Waals surface area contributed by atoms with Gasteiger partial charge < -0.3 is 15.2 Å². The van der Waals surface area contributed by atoms with Gasteiger partial charge in [0.15, 0.2) is 14.6 Å². The molecule has 3 rings (SSSR count). The van der Waals surface area contributed by atoms with Gasteiger partial charge in [0.05, 0.1) is 11.5 Å². The van der Waals surface area contributed by atoms with Gasteiger partial charge in [-0.15, -0.1) is 0 Å². The van der Waals surface area contributed by atoms with Crippen molar-refractivity contribution >= 4 is 31.7 Å². The fourth-order valence-electron chi connectivity index (χ4n) is 3.35. The number of hydrogen-bond acceptors (Lipinski definition) is 6. The number of nitrogens with two attached hydrogens (primary N) is 1. The van der Waals surface area contributed by atoms with E-state index in [0.29, 0.717) is 12.4 Å². The number of benzene rings is 1. The van der Waals surface area contributed by atoms with Gasteiger partial charge in [-0.2, -0.15) is 0 Å². The molecule has 1 amide bonds. The van der Waals surface area contributed by atoms with Gasteiger partial charge in [-0.25, -0.2) is 8.42 Å². The van der Waals surface area contributed by atoms with Crippen molar-refractivity contribution in [2.45, 2.75) is 35.3 Å². The minimum atomic E-state index is -3.93. The number of rotatable bonds is 8. The maximum atomic E-state index is 13.1. The van der Waals surface area contributed by atoms with Crippen molar-refractivity contribution in [3.63, 3.8) is 0 Å². The lowest BCUT2D eigenvalue weighted by atomic mass is 9.98. The summed E-state index contributed by atoms with van der Waals surface area (Å²) in [7, 11) is -3.93. The molecular formula is C20H23BrN2O5S. The Balaban J connectivity index is 1.62. The summed E-state index contributed by atoms with van der Waals surface area (Å²) in [5, 5.41) is 0. The lowest BCUT2D eigenvalue weighted by Gasteiger charge is -2.33. The van der Waals surface area contributed by atoms with E-state index in [1.165, 1.54) is 12.1 Å². The van der Waals surface area contributed by atoms with Gasteiger partial charge >= 0.3 is 0 Å². The zero-order valence-electron chi connectivity index (χ0n) is 15.8. The minimum Gasteiger partial charge on any atom is -0.494 e. The molecule has 29 heavy (non-hydrogen) atoms. The Morgan fingerprint density at radius 1 is 1.21 bits per heavy atom. The van der Waals surface area contributed by atoms with E-state index in [2.05, 4.69) is 20.9 Å². The molecule has 0 atom stereocenters. The molecule has 0 aliphatic carbocycles. The number of carbonyl (C=O) groups excluding carboxylic acids is 1. The Labute approximate surface area is 178 Å². The third kappa shape index (κ3) is 4.79. The molecule has 7 nitrogen and oxygen atoms in total. The van der Waals surface area contributed by atoms with Crippen molar-refractivity contribution in [2.75, 3.05) is 19.8 Å². The van der Waals surface area contributed by atoms with Gasteiger partial charge in [0.2, 0.25) is 5.91 Å². The smallest absolute Gasteiger partial charge is 0.239 e. The molecular weight excluding hydrogens is 460 g/mol. The van der Waals surface area contributed by atoms with E-state index in [9.17, 15) is 13.2 Å². The van der Waals surface area contributed by atoms with Crippen LogP contribution < -0.4 is 10.5 Å². The monoisotopic (exact) mass is 482 g/mol. The maximum absolute atomic E-state index is 13.1. The van der Waals surface area contributed by atoms with E-state index in [4.69, 9.17) is 15.2 Å². The summed E-state index contributed by atoms with van der Waals surface area (Å²) in [6.07, 6.45) is 5.29. The number of halogens is 1. The standard InChI is InChI=1S/C20H23BrN2O5S/c21-16-12-15(13-23-14-16)2-1-9-28-17-3-5-18(6-4-17)29(25,26)20(19(22)24)7-10-27-11-8-20/h3-6,12-14H,1-2,7-11H2,(H2,22,24). The molecule has 0 spiro atoms. The Bertz CT molecular complexity index is 957. The van der Waals surface area contributed by atoms with E-state index in [-0.39, 0.29) is 31.0 Å². The molecule has 1 aromatic carbocycles. The Hall–Kier alpha value is -1.97. The number of carbonyl (C=O) groups is 1. The van der Waals surface area contributed by atoms with Crippen molar-refractivity contribution in [2.24, 2.45) is 5.73 Å². The molecule has 156 valence electrons. The van der Waals surface area contributed by atoms with Gasteiger partial charge in [0.25, 0.3) is 0 Å². The summed E-state index contributed by atoms with van der Waals surface area (Å²) in [5.41, 5.74) is 6.60. The molecule has 0 radical (unpaired) electrons. The van der Waals surface area contributed by atoms with E-state index in [0.717, 1.165) is 22.9 Å². The first kappa shape index (κ1) is 21.7. The van der Waals surface area contributed by atoms with Crippen molar-refractivity contribution < 1.29 is 22.7 Å². The second kappa shape index (κ2) is 9.23. The minimum absolute atomic E-state index is 0.0609. The molecule has 9 heteroatoms. The van der Waals surface area contributed by atoms with Crippen LogP contribution in [0.3, 0.4) is 0 Å². The van der Waals surface area contributed by atoms with Crippen molar-refractivity contribution in [3.8, 4) is 5.75 Å². The molecule has 2 aromatic rings. The van der Waals surface area contributed by atoms with Crippen molar-refractivity contribution in [1.82, 2.24) is 4.98 Å². The molecule has 0 bridgehead atoms. The molecule has 2 N–H and O–H groups in total. The highest BCUT2D eigenvalue weighted by Gasteiger charge is 2.51. The van der Waals surface area contributed by atoms with Crippen molar-refractivity contribution in [3.05, 3.63) is 52.8 Å². The average molecular weight is 483 g/mol. The van der Waals surface area contributed by atoms with Crippen LogP contribution in [0.2, 0.25) is 0 Å². The molecule has 1 aromatic heterocycles. The van der Waals surface area contributed by atoms with Crippen LogP contribution in [-0.4, -0.2) is 43.9 Å². The Kier molecular flexibility index (Phi) is 6.92. The quantitative estimate of drug-likeness (QED) is 0.579. The van der Waals surface area contributed by atoms with Crippen LogP contribution in [0.5, 0.6) is 5.75 Å². The predicted molar refractivity (Wildman–Crippen MR) is 111 cm³/mol. The molecule has 0 saturated carbocycles. The Morgan fingerprint density at radius 2 is 1.90 bits per heavy atom.